The second-order valence-electron chi connectivity index (χ2n) is 5.73. The SMILES string of the molecule is Cl.Cn1nc(C2CCNCC2)nc1NC(=O)COc1ccc(F)cc1. The molecule has 9 heteroatoms. The Labute approximate surface area is 151 Å². The third kappa shape index (κ3) is 5.14. The van der Waals surface area contributed by atoms with Crippen molar-refractivity contribution in [3.05, 3.63) is 35.9 Å². The maximum absolute atomic E-state index is 12.8. The van der Waals surface area contributed by atoms with Gasteiger partial charge in [0.25, 0.3) is 5.91 Å². The molecule has 1 fully saturated rings. The maximum atomic E-state index is 12.8. The molecule has 0 atom stereocenters. The Morgan fingerprint density at radius 2 is 2.04 bits per heavy atom. The van der Waals surface area contributed by atoms with E-state index in [-0.39, 0.29) is 30.7 Å². The van der Waals surface area contributed by atoms with Gasteiger partial charge in [0.1, 0.15) is 11.6 Å². The summed E-state index contributed by atoms with van der Waals surface area (Å²) in [7, 11) is 1.74. The maximum Gasteiger partial charge on any atom is 0.264 e. The van der Waals surface area contributed by atoms with Gasteiger partial charge in [0, 0.05) is 13.0 Å². The van der Waals surface area contributed by atoms with Crippen LogP contribution in [-0.4, -0.2) is 40.4 Å². The number of aromatic nitrogens is 3. The summed E-state index contributed by atoms with van der Waals surface area (Å²) in [4.78, 5) is 16.4. The number of nitrogens with zero attached hydrogens (tertiary/aromatic N) is 3. The number of aryl methyl sites for hydroxylation is 1. The van der Waals surface area contributed by atoms with Gasteiger partial charge in [-0.1, -0.05) is 0 Å². The Hall–Kier alpha value is -2.19. The van der Waals surface area contributed by atoms with E-state index in [9.17, 15) is 9.18 Å². The summed E-state index contributed by atoms with van der Waals surface area (Å²) < 4.78 is 19.7. The summed E-state index contributed by atoms with van der Waals surface area (Å²) in [5.41, 5.74) is 0. The molecule has 0 saturated carbocycles. The number of piperidine rings is 1. The Kier molecular flexibility index (Phi) is 6.72. The summed E-state index contributed by atoms with van der Waals surface area (Å²) in [6, 6.07) is 5.50. The highest BCUT2D eigenvalue weighted by Gasteiger charge is 2.21. The second-order valence-corrected chi connectivity index (χ2v) is 5.73. The number of ether oxygens (including phenoxy) is 1. The number of anilines is 1. The predicted octanol–water partition coefficient (Wildman–Crippen LogP) is 1.86. The summed E-state index contributed by atoms with van der Waals surface area (Å²) in [5.74, 6) is 1.21. The van der Waals surface area contributed by atoms with Crippen LogP contribution in [0.2, 0.25) is 0 Å². The molecule has 1 amide bonds. The zero-order chi connectivity index (χ0) is 16.9. The molecule has 136 valence electrons. The number of hydrogen-bond donors (Lipinski definition) is 2. The van der Waals surface area contributed by atoms with Crippen molar-refractivity contribution in [1.29, 1.82) is 0 Å². The Morgan fingerprint density at radius 3 is 2.72 bits per heavy atom. The lowest BCUT2D eigenvalue weighted by Crippen LogP contribution is -2.27. The molecule has 0 unspecified atom stereocenters. The number of hydrogen-bond acceptors (Lipinski definition) is 5. The van der Waals surface area contributed by atoms with E-state index in [2.05, 4.69) is 20.7 Å². The average molecular weight is 370 g/mol. The van der Waals surface area contributed by atoms with Crippen LogP contribution in [0.4, 0.5) is 10.3 Å². The Bertz CT molecular complexity index is 701. The lowest BCUT2D eigenvalue weighted by atomic mass is 9.98. The molecular formula is C16H21ClFN5O2. The van der Waals surface area contributed by atoms with E-state index in [1.807, 2.05) is 0 Å². The van der Waals surface area contributed by atoms with Gasteiger partial charge in [0.05, 0.1) is 0 Å². The fourth-order valence-corrected chi connectivity index (χ4v) is 2.61. The number of amides is 1. The van der Waals surface area contributed by atoms with Crippen LogP contribution in [0.15, 0.2) is 24.3 Å². The highest BCUT2D eigenvalue weighted by Crippen LogP contribution is 2.23. The first-order valence-corrected chi connectivity index (χ1v) is 7.91. The molecule has 1 aromatic carbocycles. The fourth-order valence-electron chi connectivity index (χ4n) is 2.61. The van der Waals surface area contributed by atoms with Crippen molar-refractivity contribution in [2.45, 2.75) is 18.8 Å². The lowest BCUT2D eigenvalue weighted by molar-refractivity contribution is -0.118. The Balaban J connectivity index is 0.00000225. The van der Waals surface area contributed by atoms with Gasteiger partial charge < -0.3 is 10.1 Å². The quantitative estimate of drug-likeness (QED) is 0.840. The van der Waals surface area contributed by atoms with Crippen LogP contribution in [0.3, 0.4) is 0 Å². The van der Waals surface area contributed by atoms with Gasteiger partial charge in [-0.3, -0.25) is 10.1 Å². The second kappa shape index (κ2) is 8.77. The first-order chi connectivity index (χ1) is 11.6. The van der Waals surface area contributed by atoms with Gasteiger partial charge in [-0.25, -0.2) is 9.07 Å². The standard InChI is InChI=1S/C16H20FN5O2.ClH/c1-22-16(20-15(21-22)11-6-8-18-9-7-11)19-14(23)10-24-13-4-2-12(17)3-5-13;/h2-5,11,18H,6-10H2,1H3,(H,19,20,21,23);1H. The predicted molar refractivity (Wildman–Crippen MR) is 93.6 cm³/mol. The van der Waals surface area contributed by atoms with E-state index >= 15 is 0 Å². The molecule has 0 bridgehead atoms. The van der Waals surface area contributed by atoms with E-state index in [1.54, 1.807) is 11.7 Å². The van der Waals surface area contributed by atoms with Gasteiger partial charge in [-0.05, 0) is 50.2 Å². The van der Waals surface area contributed by atoms with Crippen molar-refractivity contribution in [3.63, 3.8) is 0 Å². The molecule has 7 nitrogen and oxygen atoms in total. The minimum absolute atomic E-state index is 0. The molecule has 1 aromatic heterocycles. The first kappa shape index (κ1) is 19.1. The number of nitrogens with one attached hydrogen (secondary N) is 2. The smallest absolute Gasteiger partial charge is 0.264 e. The molecule has 0 radical (unpaired) electrons. The lowest BCUT2D eigenvalue weighted by Gasteiger charge is -2.19. The molecule has 0 aliphatic carbocycles. The number of rotatable bonds is 5. The molecule has 25 heavy (non-hydrogen) atoms. The monoisotopic (exact) mass is 369 g/mol. The number of benzene rings is 1. The first-order valence-electron chi connectivity index (χ1n) is 7.91. The van der Waals surface area contributed by atoms with Crippen molar-refractivity contribution in [1.82, 2.24) is 20.1 Å². The third-order valence-corrected chi connectivity index (χ3v) is 3.92. The normalized spacial score (nSPS) is 14.6. The topological polar surface area (TPSA) is 81.1 Å². The van der Waals surface area contributed by atoms with Gasteiger partial charge in [0.15, 0.2) is 12.4 Å². The third-order valence-electron chi connectivity index (χ3n) is 3.92. The number of halogens is 2. The summed E-state index contributed by atoms with van der Waals surface area (Å²) in [5, 5.41) is 10.4. The van der Waals surface area contributed by atoms with Crippen molar-refractivity contribution in [2.24, 2.45) is 7.05 Å². The molecule has 1 saturated heterocycles. The fraction of sp³-hybridized carbons (Fsp3) is 0.438. The van der Waals surface area contributed by atoms with Crippen LogP contribution in [0.5, 0.6) is 5.75 Å². The van der Waals surface area contributed by atoms with Gasteiger partial charge in [-0.2, -0.15) is 10.1 Å². The largest absolute Gasteiger partial charge is 0.484 e. The molecule has 2 heterocycles. The van der Waals surface area contributed by atoms with Crippen LogP contribution in [0.25, 0.3) is 0 Å². The van der Waals surface area contributed by atoms with E-state index in [0.717, 1.165) is 31.8 Å². The highest BCUT2D eigenvalue weighted by molar-refractivity contribution is 5.90. The molecule has 1 aliphatic rings. The zero-order valence-corrected chi connectivity index (χ0v) is 14.7. The van der Waals surface area contributed by atoms with Crippen LogP contribution in [0.1, 0.15) is 24.6 Å². The van der Waals surface area contributed by atoms with Crippen LogP contribution in [-0.2, 0) is 11.8 Å². The molecule has 0 spiro atoms. The van der Waals surface area contributed by atoms with Crippen molar-refractivity contribution in [2.75, 3.05) is 25.0 Å². The van der Waals surface area contributed by atoms with Gasteiger partial charge >= 0.3 is 0 Å². The van der Waals surface area contributed by atoms with Crippen LogP contribution < -0.4 is 15.4 Å². The Morgan fingerprint density at radius 1 is 1.36 bits per heavy atom. The molecule has 2 N–H and O–H groups in total. The van der Waals surface area contributed by atoms with E-state index in [4.69, 9.17) is 4.74 Å². The molecule has 3 rings (SSSR count). The van der Waals surface area contributed by atoms with Crippen molar-refractivity contribution in [3.8, 4) is 5.75 Å². The molecular weight excluding hydrogens is 349 g/mol. The molecule has 1 aliphatic heterocycles. The summed E-state index contributed by atoms with van der Waals surface area (Å²) in [6.07, 6.45) is 1.98. The minimum Gasteiger partial charge on any atom is -0.484 e. The summed E-state index contributed by atoms with van der Waals surface area (Å²) in [6.45, 7) is 1.73. The van der Waals surface area contributed by atoms with Crippen LogP contribution >= 0.6 is 12.4 Å². The summed E-state index contributed by atoms with van der Waals surface area (Å²) >= 11 is 0. The van der Waals surface area contributed by atoms with Gasteiger partial charge in [0.2, 0.25) is 5.95 Å². The highest BCUT2D eigenvalue weighted by atomic mass is 35.5. The number of carbonyl (C=O) groups is 1. The minimum atomic E-state index is -0.351. The zero-order valence-electron chi connectivity index (χ0n) is 13.9. The van der Waals surface area contributed by atoms with Gasteiger partial charge in [-0.15, -0.1) is 12.4 Å². The van der Waals surface area contributed by atoms with E-state index in [0.29, 0.717) is 17.6 Å². The average Bonchev–Trinajstić information content (AvgIpc) is 2.96. The van der Waals surface area contributed by atoms with Crippen LogP contribution in [0, 0.1) is 5.82 Å². The van der Waals surface area contributed by atoms with Crippen molar-refractivity contribution >= 4 is 24.3 Å². The number of carbonyl (C=O) groups excluding carboxylic acids is 1. The molecule has 2 aromatic rings. The van der Waals surface area contributed by atoms with E-state index in [1.165, 1.54) is 24.3 Å². The van der Waals surface area contributed by atoms with E-state index < -0.39 is 0 Å². The van der Waals surface area contributed by atoms with Crippen molar-refractivity contribution < 1.29 is 13.9 Å².